The summed E-state index contributed by atoms with van der Waals surface area (Å²) in [5, 5.41) is 12.1. The maximum Gasteiger partial charge on any atom is 0.311 e. The van der Waals surface area contributed by atoms with Crippen LogP contribution in [0.1, 0.15) is 24.1 Å². The third-order valence-corrected chi connectivity index (χ3v) is 7.71. The van der Waals surface area contributed by atoms with Crippen LogP contribution in [0.25, 0.3) is 33.7 Å². The van der Waals surface area contributed by atoms with Gasteiger partial charge < -0.3 is 15.0 Å². The number of carboxylic acid groups (broad SMARTS) is 1. The van der Waals surface area contributed by atoms with Gasteiger partial charge in [0.05, 0.1) is 33.3 Å². The first-order chi connectivity index (χ1) is 18.0. The van der Waals surface area contributed by atoms with Gasteiger partial charge in [-0.15, -0.1) is 11.3 Å². The topological polar surface area (TPSA) is 108 Å². The quantitative estimate of drug-likeness (QED) is 0.316. The molecular formula is C28H26N6O2S. The van der Waals surface area contributed by atoms with Crippen molar-refractivity contribution in [3.8, 4) is 22.6 Å². The number of nitrogens with one attached hydrogen (secondary N) is 1. The summed E-state index contributed by atoms with van der Waals surface area (Å²) in [6, 6.07) is 14.1. The van der Waals surface area contributed by atoms with Gasteiger partial charge in [0.25, 0.3) is 0 Å². The number of aromatic nitrogens is 5. The molecule has 8 nitrogen and oxygen atoms in total. The van der Waals surface area contributed by atoms with Crippen molar-refractivity contribution in [2.45, 2.75) is 26.2 Å². The number of thiazole rings is 1. The first kappa shape index (κ1) is 23.3. The highest BCUT2D eigenvalue weighted by atomic mass is 32.1. The molecule has 1 fully saturated rings. The number of hydrogen-bond donors (Lipinski definition) is 2. The molecule has 1 unspecified atom stereocenters. The van der Waals surface area contributed by atoms with Crippen LogP contribution in [0.4, 0.5) is 5.82 Å². The summed E-state index contributed by atoms with van der Waals surface area (Å²) in [4.78, 5) is 36.1. The summed E-state index contributed by atoms with van der Waals surface area (Å²) < 4.78 is 0. The zero-order valence-corrected chi connectivity index (χ0v) is 21.2. The molecule has 9 heteroatoms. The Morgan fingerprint density at radius 1 is 1.11 bits per heavy atom. The van der Waals surface area contributed by atoms with Gasteiger partial charge in [-0.05, 0) is 61.7 Å². The van der Waals surface area contributed by atoms with E-state index in [1.165, 1.54) is 16.9 Å². The highest BCUT2D eigenvalue weighted by Crippen LogP contribution is 2.36. The number of benzene rings is 1. The minimum atomic E-state index is -0.862. The van der Waals surface area contributed by atoms with Gasteiger partial charge in [-0.25, -0.2) is 15.0 Å². The predicted octanol–water partition coefficient (Wildman–Crippen LogP) is 5.37. The Labute approximate surface area is 218 Å². The van der Waals surface area contributed by atoms with E-state index in [0.717, 1.165) is 58.2 Å². The standard InChI is InChI=1S/C28H26N6O2S/c1-18-3-6-23-24(11-18)33-26(32-23)20-4-7-22(29-14-20)19-5-8-25(30-13-19)34-10-2-9-28(16-34,27(35)36)12-21-15-37-17-31-21/h3-8,11,13-15,17H,2,9-10,12,16H2,1H3,(H,32,33)(H,35,36). The molecule has 0 bridgehead atoms. The number of carbonyl (C=O) groups is 1. The summed E-state index contributed by atoms with van der Waals surface area (Å²) in [5.41, 5.74) is 7.49. The third kappa shape index (κ3) is 4.58. The van der Waals surface area contributed by atoms with Crippen molar-refractivity contribution >= 4 is 34.2 Å². The van der Waals surface area contributed by atoms with Crippen LogP contribution in [-0.4, -0.2) is 49.1 Å². The van der Waals surface area contributed by atoms with Crippen LogP contribution in [0.3, 0.4) is 0 Å². The second-order valence-corrected chi connectivity index (χ2v) is 10.4. The lowest BCUT2D eigenvalue weighted by molar-refractivity contribution is -0.149. The Morgan fingerprint density at radius 3 is 2.70 bits per heavy atom. The van der Waals surface area contributed by atoms with Gasteiger partial charge in [-0.2, -0.15) is 0 Å². The van der Waals surface area contributed by atoms with E-state index in [1.807, 2.05) is 41.9 Å². The Bertz CT molecular complexity index is 1550. The fraction of sp³-hybridized carbons (Fsp3) is 0.250. The highest BCUT2D eigenvalue weighted by Gasteiger charge is 2.43. The number of rotatable bonds is 6. The van der Waals surface area contributed by atoms with Gasteiger partial charge in [0.15, 0.2) is 0 Å². The molecule has 186 valence electrons. The fourth-order valence-electron chi connectivity index (χ4n) is 5.08. The lowest BCUT2D eigenvalue weighted by Gasteiger charge is -2.40. The Kier molecular flexibility index (Phi) is 5.92. The van der Waals surface area contributed by atoms with E-state index in [2.05, 4.69) is 48.9 Å². The number of hydrogen-bond acceptors (Lipinski definition) is 7. The van der Waals surface area contributed by atoms with Gasteiger partial charge in [0.1, 0.15) is 11.6 Å². The van der Waals surface area contributed by atoms with Crippen LogP contribution in [0.2, 0.25) is 0 Å². The average molecular weight is 511 g/mol. The summed E-state index contributed by atoms with van der Waals surface area (Å²) in [5.74, 6) is 0.796. The van der Waals surface area contributed by atoms with E-state index in [0.29, 0.717) is 19.4 Å². The number of pyridine rings is 2. The summed E-state index contributed by atoms with van der Waals surface area (Å²) >= 11 is 1.49. The summed E-state index contributed by atoms with van der Waals surface area (Å²) in [6.45, 7) is 3.25. The van der Waals surface area contributed by atoms with Crippen LogP contribution < -0.4 is 4.90 Å². The summed E-state index contributed by atoms with van der Waals surface area (Å²) in [6.07, 6.45) is 5.48. The lowest BCUT2D eigenvalue weighted by Crippen LogP contribution is -2.49. The molecular weight excluding hydrogens is 484 g/mol. The fourth-order valence-corrected chi connectivity index (χ4v) is 5.64. The molecule has 0 saturated carbocycles. The van der Waals surface area contributed by atoms with E-state index in [9.17, 15) is 9.90 Å². The second-order valence-electron chi connectivity index (χ2n) is 9.71. The van der Waals surface area contributed by atoms with Crippen LogP contribution >= 0.6 is 11.3 Å². The molecule has 1 aromatic carbocycles. The number of aromatic amines is 1. The molecule has 0 aliphatic carbocycles. The van der Waals surface area contributed by atoms with Crippen molar-refractivity contribution in [2.24, 2.45) is 5.41 Å². The number of imidazole rings is 1. The number of anilines is 1. The Hall–Kier alpha value is -4.11. The second kappa shape index (κ2) is 9.40. The zero-order chi connectivity index (χ0) is 25.4. The van der Waals surface area contributed by atoms with Crippen LogP contribution in [0.15, 0.2) is 65.7 Å². The van der Waals surface area contributed by atoms with Crippen molar-refractivity contribution in [2.75, 3.05) is 18.0 Å². The molecule has 1 saturated heterocycles. The third-order valence-electron chi connectivity index (χ3n) is 7.08. The maximum absolute atomic E-state index is 12.3. The Balaban J connectivity index is 1.19. The Morgan fingerprint density at radius 2 is 1.97 bits per heavy atom. The number of carboxylic acids is 1. The van der Waals surface area contributed by atoms with Crippen molar-refractivity contribution in [1.82, 2.24) is 24.9 Å². The van der Waals surface area contributed by atoms with Crippen LogP contribution in [0, 0.1) is 12.3 Å². The molecule has 4 aromatic heterocycles. The minimum absolute atomic E-state index is 0.413. The highest BCUT2D eigenvalue weighted by molar-refractivity contribution is 7.07. The number of aliphatic carboxylic acids is 1. The molecule has 1 atom stereocenters. The number of nitrogens with zero attached hydrogens (tertiary/aromatic N) is 5. The van der Waals surface area contributed by atoms with Gasteiger partial charge in [0.2, 0.25) is 0 Å². The molecule has 0 amide bonds. The molecule has 2 N–H and O–H groups in total. The van der Waals surface area contributed by atoms with E-state index >= 15 is 0 Å². The van der Waals surface area contributed by atoms with Crippen molar-refractivity contribution in [3.05, 3.63) is 77.0 Å². The minimum Gasteiger partial charge on any atom is -0.481 e. The smallest absolute Gasteiger partial charge is 0.311 e. The number of fused-ring (bicyclic) bond motifs is 1. The van der Waals surface area contributed by atoms with E-state index < -0.39 is 11.4 Å². The first-order valence-corrected chi connectivity index (χ1v) is 13.2. The molecule has 0 radical (unpaired) electrons. The van der Waals surface area contributed by atoms with E-state index in [4.69, 9.17) is 0 Å². The van der Waals surface area contributed by atoms with Crippen molar-refractivity contribution in [3.63, 3.8) is 0 Å². The van der Waals surface area contributed by atoms with Crippen LogP contribution in [0.5, 0.6) is 0 Å². The molecule has 5 heterocycles. The van der Waals surface area contributed by atoms with Gasteiger partial charge in [-0.1, -0.05) is 6.07 Å². The van der Waals surface area contributed by atoms with E-state index in [1.54, 1.807) is 11.7 Å². The monoisotopic (exact) mass is 510 g/mol. The maximum atomic E-state index is 12.3. The largest absolute Gasteiger partial charge is 0.481 e. The molecule has 6 rings (SSSR count). The predicted molar refractivity (Wildman–Crippen MR) is 145 cm³/mol. The summed E-state index contributed by atoms with van der Waals surface area (Å²) in [7, 11) is 0. The first-order valence-electron chi connectivity index (χ1n) is 12.2. The van der Waals surface area contributed by atoms with Crippen LogP contribution in [-0.2, 0) is 11.2 Å². The van der Waals surface area contributed by atoms with Gasteiger partial charge >= 0.3 is 5.97 Å². The SMILES string of the molecule is Cc1ccc2nc(-c3ccc(-c4ccc(N5CCCC(Cc6cscn6)(C(=O)O)C5)nc4)nc3)[nH]c2c1. The molecule has 5 aromatic rings. The zero-order valence-electron chi connectivity index (χ0n) is 20.4. The normalized spacial score (nSPS) is 17.8. The average Bonchev–Trinajstić information content (AvgIpc) is 3.58. The van der Waals surface area contributed by atoms with Gasteiger partial charge in [-0.3, -0.25) is 9.78 Å². The van der Waals surface area contributed by atoms with Gasteiger partial charge in [0, 0.05) is 48.4 Å². The lowest BCUT2D eigenvalue weighted by atomic mass is 9.76. The molecule has 0 spiro atoms. The molecule has 1 aliphatic rings. The molecule has 37 heavy (non-hydrogen) atoms. The number of piperidine rings is 1. The van der Waals surface area contributed by atoms with Crippen molar-refractivity contribution in [1.29, 1.82) is 0 Å². The number of H-pyrrole nitrogens is 1. The van der Waals surface area contributed by atoms with Crippen molar-refractivity contribution < 1.29 is 9.90 Å². The van der Waals surface area contributed by atoms with E-state index in [-0.39, 0.29) is 0 Å². The molecule has 1 aliphatic heterocycles. The number of aryl methyl sites for hydroxylation is 1.